The molecule has 1 unspecified atom stereocenters. The first-order valence-electron chi connectivity index (χ1n) is 3.32. The molecule has 0 spiro atoms. The lowest BCUT2D eigenvalue weighted by molar-refractivity contribution is -0.148. The van der Waals surface area contributed by atoms with Gasteiger partial charge in [-0.3, -0.25) is 9.63 Å². The van der Waals surface area contributed by atoms with Gasteiger partial charge in [0.05, 0.1) is 7.11 Å². The van der Waals surface area contributed by atoms with Crippen molar-refractivity contribution in [3.05, 3.63) is 0 Å². The number of carbonyl (C=O) groups is 1. The van der Waals surface area contributed by atoms with Gasteiger partial charge in [0.25, 0.3) is 5.91 Å². The molecule has 5 heteroatoms. The lowest BCUT2D eigenvalue weighted by atomic mass is 10.0. The SMILES string of the molecule is CONC(=O)C1(O)CCSC1. The number of rotatable bonds is 2. The van der Waals surface area contributed by atoms with Gasteiger partial charge in [-0.25, -0.2) is 5.48 Å². The molecule has 0 radical (unpaired) electrons. The molecule has 0 aromatic rings. The Labute approximate surface area is 69.3 Å². The Hall–Kier alpha value is -0.260. The highest BCUT2D eigenvalue weighted by molar-refractivity contribution is 7.99. The maximum atomic E-state index is 11.1. The van der Waals surface area contributed by atoms with E-state index in [1.807, 2.05) is 0 Å². The van der Waals surface area contributed by atoms with Gasteiger partial charge < -0.3 is 5.11 Å². The van der Waals surface area contributed by atoms with Crippen molar-refractivity contribution in [3.63, 3.8) is 0 Å². The highest BCUT2D eigenvalue weighted by atomic mass is 32.2. The third kappa shape index (κ3) is 1.85. The van der Waals surface area contributed by atoms with Crippen LogP contribution in [-0.2, 0) is 9.63 Å². The Morgan fingerprint density at radius 3 is 3.00 bits per heavy atom. The fourth-order valence-corrected chi connectivity index (χ4v) is 2.16. The second-order valence-electron chi connectivity index (χ2n) is 2.47. The van der Waals surface area contributed by atoms with Crippen molar-refractivity contribution in [2.45, 2.75) is 12.0 Å². The summed E-state index contributed by atoms with van der Waals surface area (Å²) in [5.41, 5.74) is 0.918. The number of hydroxylamine groups is 1. The van der Waals surface area contributed by atoms with Crippen molar-refractivity contribution in [1.29, 1.82) is 0 Å². The van der Waals surface area contributed by atoms with Crippen molar-refractivity contribution < 1.29 is 14.7 Å². The van der Waals surface area contributed by atoms with Crippen LogP contribution in [0.1, 0.15) is 6.42 Å². The number of carbonyl (C=O) groups excluding carboxylic acids is 1. The largest absolute Gasteiger partial charge is 0.379 e. The highest BCUT2D eigenvalue weighted by Crippen LogP contribution is 2.27. The topological polar surface area (TPSA) is 58.6 Å². The van der Waals surface area contributed by atoms with E-state index in [-0.39, 0.29) is 0 Å². The monoisotopic (exact) mass is 177 g/mol. The lowest BCUT2D eigenvalue weighted by Gasteiger charge is -2.18. The Morgan fingerprint density at radius 1 is 1.82 bits per heavy atom. The Kier molecular flexibility index (Phi) is 2.75. The molecule has 1 aliphatic rings. The minimum absolute atomic E-state index is 0.440. The van der Waals surface area contributed by atoms with Gasteiger partial charge in [0.15, 0.2) is 5.60 Å². The van der Waals surface area contributed by atoms with Crippen molar-refractivity contribution >= 4 is 17.7 Å². The summed E-state index contributed by atoms with van der Waals surface area (Å²) in [6.45, 7) is 0. The highest BCUT2D eigenvalue weighted by Gasteiger charge is 2.39. The first-order valence-corrected chi connectivity index (χ1v) is 4.48. The summed E-state index contributed by atoms with van der Waals surface area (Å²) < 4.78 is 0. The van der Waals surface area contributed by atoms with Crippen LogP contribution >= 0.6 is 11.8 Å². The van der Waals surface area contributed by atoms with Crippen molar-refractivity contribution in [3.8, 4) is 0 Å². The van der Waals surface area contributed by atoms with E-state index >= 15 is 0 Å². The maximum absolute atomic E-state index is 11.1. The van der Waals surface area contributed by atoms with E-state index < -0.39 is 11.5 Å². The molecule has 11 heavy (non-hydrogen) atoms. The zero-order valence-corrected chi connectivity index (χ0v) is 7.11. The number of amides is 1. The predicted molar refractivity (Wildman–Crippen MR) is 42.0 cm³/mol. The molecular weight excluding hydrogens is 166 g/mol. The standard InChI is InChI=1S/C6H11NO3S/c1-10-7-5(8)6(9)2-3-11-4-6/h9H,2-4H2,1H3,(H,7,8). The number of hydrogen-bond acceptors (Lipinski definition) is 4. The summed E-state index contributed by atoms with van der Waals surface area (Å²) in [4.78, 5) is 15.5. The van der Waals surface area contributed by atoms with Gasteiger partial charge in [0.1, 0.15) is 0 Å². The first-order chi connectivity index (χ1) is 5.19. The van der Waals surface area contributed by atoms with Gasteiger partial charge in [-0.15, -0.1) is 0 Å². The third-order valence-electron chi connectivity index (χ3n) is 1.62. The van der Waals surface area contributed by atoms with Gasteiger partial charge in [0.2, 0.25) is 0 Å². The number of nitrogens with one attached hydrogen (secondary N) is 1. The molecule has 0 bridgehead atoms. The molecule has 0 aliphatic carbocycles. The molecule has 1 atom stereocenters. The average Bonchev–Trinajstić information content (AvgIpc) is 2.38. The third-order valence-corrected chi connectivity index (χ3v) is 2.79. The normalized spacial score (nSPS) is 30.4. The van der Waals surface area contributed by atoms with Crippen LogP contribution < -0.4 is 5.48 Å². The van der Waals surface area contributed by atoms with Crippen LogP contribution in [0.4, 0.5) is 0 Å². The molecule has 0 aromatic carbocycles. The van der Waals surface area contributed by atoms with E-state index in [1.54, 1.807) is 11.8 Å². The predicted octanol–water partition coefficient (Wildman–Crippen LogP) is -0.468. The van der Waals surface area contributed by atoms with E-state index in [1.165, 1.54) is 7.11 Å². The van der Waals surface area contributed by atoms with E-state index in [2.05, 4.69) is 10.3 Å². The minimum Gasteiger partial charge on any atom is -0.379 e. The van der Waals surface area contributed by atoms with Gasteiger partial charge in [-0.2, -0.15) is 11.8 Å². The Bertz CT molecular complexity index is 156. The second kappa shape index (κ2) is 3.42. The van der Waals surface area contributed by atoms with Crippen LogP contribution in [0.3, 0.4) is 0 Å². The van der Waals surface area contributed by atoms with Crippen LogP contribution in [0, 0.1) is 0 Å². The smallest absolute Gasteiger partial charge is 0.276 e. The van der Waals surface area contributed by atoms with Crippen molar-refractivity contribution in [2.24, 2.45) is 0 Å². The second-order valence-corrected chi connectivity index (χ2v) is 3.57. The summed E-state index contributed by atoms with van der Waals surface area (Å²) >= 11 is 1.57. The molecule has 1 saturated heterocycles. The van der Waals surface area contributed by atoms with Crippen molar-refractivity contribution in [2.75, 3.05) is 18.6 Å². The van der Waals surface area contributed by atoms with Crippen LogP contribution in [0.5, 0.6) is 0 Å². The maximum Gasteiger partial charge on any atom is 0.276 e. The molecule has 1 heterocycles. The van der Waals surface area contributed by atoms with Crippen LogP contribution in [-0.4, -0.2) is 35.2 Å². The fraction of sp³-hybridized carbons (Fsp3) is 0.833. The molecule has 2 N–H and O–H groups in total. The zero-order valence-electron chi connectivity index (χ0n) is 6.29. The Balaban J connectivity index is 2.49. The van der Waals surface area contributed by atoms with Crippen LogP contribution in [0.25, 0.3) is 0 Å². The molecule has 0 saturated carbocycles. The van der Waals surface area contributed by atoms with Gasteiger partial charge >= 0.3 is 0 Å². The van der Waals surface area contributed by atoms with E-state index in [9.17, 15) is 9.90 Å². The van der Waals surface area contributed by atoms with E-state index in [0.29, 0.717) is 12.2 Å². The number of thioether (sulfide) groups is 1. The molecule has 4 nitrogen and oxygen atoms in total. The molecule has 0 aromatic heterocycles. The zero-order chi connectivity index (χ0) is 8.32. The molecule has 1 fully saturated rings. The fourth-order valence-electron chi connectivity index (χ4n) is 0.921. The quantitative estimate of drug-likeness (QED) is 0.560. The van der Waals surface area contributed by atoms with Crippen LogP contribution in [0.2, 0.25) is 0 Å². The summed E-state index contributed by atoms with van der Waals surface area (Å²) in [5, 5.41) is 9.58. The Morgan fingerprint density at radius 2 is 2.55 bits per heavy atom. The van der Waals surface area contributed by atoms with Crippen molar-refractivity contribution in [1.82, 2.24) is 5.48 Å². The molecular formula is C6H11NO3S. The van der Waals surface area contributed by atoms with Gasteiger partial charge in [-0.05, 0) is 12.2 Å². The van der Waals surface area contributed by atoms with Gasteiger partial charge in [0, 0.05) is 5.75 Å². The minimum atomic E-state index is -1.21. The van der Waals surface area contributed by atoms with E-state index in [0.717, 1.165) is 5.75 Å². The van der Waals surface area contributed by atoms with Crippen LogP contribution in [0.15, 0.2) is 0 Å². The molecule has 1 rings (SSSR count). The van der Waals surface area contributed by atoms with E-state index in [4.69, 9.17) is 0 Å². The van der Waals surface area contributed by atoms with Gasteiger partial charge in [-0.1, -0.05) is 0 Å². The molecule has 1 amide bonds. The summed E-state index contributed by atoms with van der Waals surface area (Å²) in [6, 6.07) is 0. The molecule has 64 valence electrons. The molecule has 1 aliphatic heterocycles. The lowest BCUT2D eigenvalue weighted by Crippen LogP contribution is -2.46. The summed E-state index contributed by atoms with van der Waals surface area (Å²) in [6.07, 6.45) is 0.507. The summed E-state index contributed by atoms with van der Waals surface area (Å²) in [7, 11) is 1.35. The number of hydrogen-bond donors (Lipinski definition) is 2. The number of aliphatic hydroxyl groups is 1. The summed E-state index contributed by atoms with van der Waals surface area (Å²) in [5.74, 6) is 0.848. The average molecular weight is 177 g/mol. The first kappa shape index (κ1) is 8.83.